The summed E-state index contributed by atoms with van der Waals surface area (Å²) in [5.41, 5.74) is 3.40. The molecular weight excluding hydrogens is 390 g/mol. The van der Waals surface area contributed by atoms with Gasteiger partial charge in [0, 0.05) is 21.9 Å². The van der Waals surface area contributed by atoms with E-state index in [0.29, 0.717) is 6.04 Å². The zero-order chi connectivity index (χ0) is 14.2. The molecule has 0 aliphatic carbocycles. The zero-order valence-corrected chi connectivity index (χ0v) is 15.4. The van der Waals surface area contributed by atoms with Crippen molar-refractivity contribution in [3.05, 3.63) is 30.6 Å². The molecule has 2 rings (SSSR count). The van der Waals surface area contributed by atoms with E-state index in [-0.39, 0.29) is 0 Å². The van der Waals surface area contributed by atoms with Crippen LogP contribution >= 0.6 is 43.2 Å². The molecule has 3 nitrogen and oxygen atoms in total. The van der Waals surface area contributed by atoms with E-state index >= 15 is 0 Å². The average Bonchev–Trinajstić information content (AvgIpc) is 2.79. The second kappa shape index (κ2) is 5.97. The Labute approximate surface area is 134 Å². The van der Waals surface area contributed by atoms with E-state index in [1.54, 1.807) is 11.3 Å². The van der Waals surface area contributed by atoms with Crippen LogP contribution < -0.4 is 5.32 Å². The number of nitrogens with one attached hydrogen (secondary N) is 1. The second-order valence-electron chi connectivity index (χ2n) is 4.77. The number of anilines is 1. The number of rotatable bonds is 4. The van der Waals surface area contributed by atoms with Gasteiger partial charge in [-0.3, -0.25) is 4.68 Å². The first-order valence-electron chi connectivity index (χ1n) is 6.13. The molecule has 104 valence electrons. The van der Waals surface area contributed by atoms with Crippen LogP contribution in [0, 0.1) is 13.8 Å². The Bertz CT molecular complexity index is 567. The Morgan fingerprint density at radius 1 is 1.37 bits per heavy atom. The molecule has 2 aromatic heterocycles. The van der Waals surface area contributed by atoms with Crippen LogP contribution in [0.1, 0.15) is 36.2 Å². The predicted octanol–water partition coefficient (Wildman–Crippen LogP) is 5.28. The third kappa shape index (κ3) is 3.23. The molecule has 19 heavy (non-hydrogen) atoms. The van der Waals surface area contributed by atoms with Gasteiger partial charge in [0.15, 0.2) is 0 Å². The molecule has 0 saturated heterocycles. The van der Waals surface area contributed by atoms with Crippen LogP contribution in [0.4, 0.5) is 5.69 Å². The fraction of sp³-hybridized carbons (Fsp3) is 0.462. The van der Waals surface area contributed by atoms with E-state index in [4.69, 9.17) is 0 Å². The van der Waals surface area contributed by atoms with Crippen LogP contribution in [-0.4, -0.2) is 9.78 Å². The molecule has 0 unspecified atom stereocenters. The Hall–Kier alpha value is -0.330. The predicted molar refractivity (Wildman–Crippen MR) is 89.1 cm³/mol. The Morgan fingerprint density at radius 2 is 2.05 bits per heavy atom. The molecule has 0 radical (unpaired) electrons. The summed E-state index contributed by atoms with van der Waals surface area (Å²) in [6.07, 6.45) is 0. The minimum atomic E-state index is 0.388. The van der Waals surface area contributed by atoms with E-state index in [1.165, 1.54) is 10.6 Å². The first kappa shape index (κ1) is 15.1. The number of hydrogen-bond acceptors (Lipinski definition) is 3. The molecule has 2 heterocycles. The van der Waals surface area contributed by atoms with Crippen LogP contribution in [-0.2, 0) is 6.54 Å². The number of thiophene rings is 1. The quantitative estimate of drug-likeness (QED) is 0.748. The van der Waals surface area contributed by atoms with Crippen molar-refractivity contribution in [2.45, 2.75) is 40.3 Å². The number of aryl methyl sites for hydroxylation is 1. The smallest absolute Gasteiger partial charge is 0.0843 e. The summed E-state index contributed by atoms with van der Waals surface area (Å²) < 4.78 is 4.31. The van der Waals surface area contributed by atoms with Crippen LogP contribution in [0.15, 0.2) is 14.3 Å². The summed E-state index contributed by atoms with van der Waals surface area (Å²) >= 11 is 8.77. The summed E-state index contributed by atoms with van der Waals surface area (Å²) in [4.78, 5) is 1.29. The van der Waals surface area contributed by atoms with E-state index in [0.717, 1.165) is 26.2 Å². The van der Waals surface area contributed by atoms with Crippen molar-refractivity contribution in [3.8, 4) is 0 Å². The average molecular weight is 407 g/mol. The third-order valence-electron chi connectivity index (χ3n) is 2.95. The van der Waals surface area contributed by atoms with Gasteiger partial charge in [-0.2, -0.15) is 5.10 Å². The zero-order valence-electron chi connectivity index (χ0n) is 11.4. The van der Waals surface area contributed by atoms with Crippen molar-refractivity contribution in [2.75, 3.05) is 5.32 Å². The van der Waals surface area contributed by atoms with Gasteiger partial charge in [0.05, 0.1) is 20.9 Å². The lowest BCUT2D eigenvalue weighted by Gasteiger charge is -2.09. The normalized spacial score (nSPS) is 11.3. The summed E-state index contributed by atoms with van der Waals surface area (Å²) in [5, 5.41) is 8.08. The van der Waals surface area contributed by atoms with E-state index in [1.807, 2.05) is 0 Å². The largest absolute Gasteiger partial charge is 0.377 e. The molecule has 0 fully saturated rings. The lowest BCUT2D eigenvalue weighted by Crippen LogP contribution is -2.05. The molecule has 0 aliphatic heterocycles. The first-order chi connectivity index (χ1) is 8.90. The summed E-state index contributed by atoms with van der Waals surface area (Å²) in [6.45, 7) is 9.28. The standard InChI is InChI=1S/C13H17Br2N3S/c1-7(2)18-9(4)12(8(3)17-18)16-6-10-5-11(14)13(15)19-10/h5,7,16H,6H2,1-4H3. The highest BCUT2D eigenvalue weighted by Crippen LogP contribution is 2.33. The highest BCUT2D eigenvalue weighted by Gasteiger charge is 2.13. The highest BCUT2D eigenvalue weighted by atomic mass is 79.9. The van der Waals surface area contributed by atoms with Gasteiger partial charge in [-0.05, 0) is 65.6 Å². The maximum Gasteiger partial charge on any atom is 0.0843 e. The fourth-order valence-corrected chi connectivity index (χ4v) is 4.19. The van der Waals surface area contributed by atoms with Gasteiger partial charge in [-0.1, -0.05) is 0 Å². The molecule has 0 saturated carbocycles. The monoisotopic (exact) mass is 405 g/mol. The molecule has 0 aromatic carbocycles. The number of halogens is 2. The van der Waals surface area contributed by atoms with Gasteiger partial charge in [-0.25, -0.2) is 0 Å². The van der Waals surface area contributed by atoms with Gasteiger partial charge in [0.25, 0.3) is 0 Å². The Kier molecular flexibility index (Phi) is 4.74. The Balaban J connectivity index is 2.15. The molecule has 2 aromatic rings. The molecular formula is C13H17Br2N3S. The summed E-state index contributed by atoms with van der Waals surface area (Å²) in [6, 6.07) is 2.53. The van der Waals surface area contributed by atoms with Crippen molar-refractivity contribution in [1.82, 2.24) is 9.78 Å². The van der Waals surface area contributed by atoms with Crippen molar-refractivity contribution >= 4 is 48.9 Å². The maximum absolute atomic E-state index is 4.58. The third-order valence-corrected chi connectivity index (χ3v) is 6.21. The molecule has 0 spiro atoms. The van der Waals surface area contributed by atoms with E-state index < -0.39 is 0 Å². The minimum Gasteiger partial charge on any atom is -0.377 e. The van der Waals surface area contributed by atoms with Crippen LogP contribution in [0.25, 0.3) is 0 Å². The SMILES string of the molecule is Cc1nn(C(C)C)c(C)c1NCc1cc(Br)c(Br)s1. The summed E-state index contributed by atoms with van der Waals surface area (Å²) in [5.74, 6) is 0. The van der Waals surface area contributed by atoms with Crippen molar-refractivity contribution < 1.29 is 0 Å². The van der Waals surface area contributed by atoms with Gasteiger partial charge < -0.3 is 5.32 Å². The van der Waals surface area contributed by atoms with Crippen LogP contribution in [0.3, 0.4) is 0 Å². The van der Waals surface area contributed by atoms with Gasteiger partial charge in [-0.15, -0.1) is 11.3 Å². The first-order valence-corrected chi connectivity index (χ1v) is 8.53. The fourth-order valence-electron chi connectivity index (χ4n) is 2.08. The topological polar surface area (TPSA) is 29.9 Å². The minimum absolute atomic E-state index is 0.388. The maximum atomic E-state index is 4.58. The van der Waals surface area contributed by atoms with Crippen molar-refractivity contribution in [2.24, 2.45) is 0 Å². The lowest BCUT2D eigenvalue weighted by molar-refractivity contribution is 0.516. The van der Waals surface area contributed by atoms with Gasteiger partial charge in [0.1, 0.15) is 0 Å². The highest BCUT2D eigenvalue weighted by molar-refractivity contribution is 9.13. The van der Waals surface area contributed by atoms with Gasteiger partial charge in [0.2, 0.25) is 0 Å². The lowest BCUT2D eigenvalue weighted by atomic mass is 10.3. The van der Waals surface area contributed by atoms with Crippen LogP contribution in [0.5, 0.6) is 0 Å². The van der Waals surface area contributed by atoms with Gasteiger partial charge >= 0.3 is 0 Å². The molecule has 0 bridgehead atoms. The van der Waals surface area contributed by atoms with Crippen molar-refractivity contribution in [1.29, 1.82) is 0 Å². The number of hydrogen-bond donors (Lipinski definition) is 1. The molecule has 1 N–H and O–H groups in total. The molecule has 0 aliphatic rings. The number of aromatic nitrogens is 2. The van der Waals surface area contributed by atoms with Crippen LogP contribution in [0.2, 0.25) is 0 Å². The number of nitrogens with zero attached hydrogens (tertiary/aromatic N) is 2. The van der Waals surface area contributed by atoms with Crippen molar-refractivity contribution in [3.63, 3.8) is 0 Å². The molecule has 6 heteroatoms. The van der Waals surface area contributed by atoms with E-state index in [9.17, 15) is 0 Å². The molecule has 0 amide bonds. The second-order valence-corrected chi connectivity index (χ2v) is 8.08. The van der Waals surface area contributed by atoms with E-state index in [2.05, 4.69) is 80.7 Å². The molecule has 0 atom stereocenters. The summed E-state index contributed by atoms with van der Waals surface area (Å²) in [7, 11) is 0. The Morgan fingerprint density at radius 3 is 2.53 bits per heavy atom.